The van der Waals surface area contributed by atoms with E-state index in [1.165, 1.54) is 15.9 Å². The lowest BCUT2D eigenvalue weighted by Gasteiger charge is -2.30. The van der Waals surface area contributed by atoms with Crippen molar-refractivity contribution in [2.45, 2.75) is 128 Å². The SMILES string of the molecule is Cc1cccc(ONC(=O)[C@@]23C[C@H]2CCCCCCC[C@H](NC(=O)OC(C)(C)C)C(=O)N2C[C@H](OC(=O)N4Cc5cccc(F)c5C4)C[C@H]2C(=O)N3)c1. The van der Waals surface area contributed by atoms with Crippen LogP contribution in [-0.2, 0) is 36.9 Å². The van der Waals surface area contributed by atoms with E-state index in [9.17, 15) is 28.4 Å². The fourth-order valence-electron chi connectivity index (χ4n) is 7.62. The van der Waals surface area contributed by atoms with Crippen LogP contribution in [0.4, 0.5) is 14.0 Å². The monoisotopic (exact) mass is 735 g/mol. The first-order chi connectivity index (χ1) is 25.2. The van der Waals surface area contributed by atoms with Gasteiger partial charge in [0.25, 0.3) is 5.91 Å². The van der Waals surface area contributed by atoms with Crippen LogP contribution < -0.4 is 21.0 Å². The zero-order chi connectivity index (χ0) is 37.9. The Bertz CT molecular complexity index is 1730. The van der Waals surface area contributed by atoms with Crippen molar-refractivity contribution in [3.05, 3.63) is 65.0 Å². The van der Waals surface area contributed by atoms with Gasteiger partial charge in [-0.1, -0.05) is 56.4 Å². The number of ether oxygens (including phenoxy) is 2. The third-order valence-corrected chi connectivity index (χ3v) is 10.4. The molecule has 3 aliphatic heterocycles. The van der Waals surface area contributed by atoms with Gasteiger partial charge in [-0.25, -0.2) is 14.0 Å². The topological polar surface area (TPSA) is 156 Å². The number of rotatable bonds is 5. The number of hydrogen-bond acceptors (Lipinski definition) is 8. The molecule has 0 radical (unpaired) electrons. The Kier molecular flexibility index (Phi) is 11.2. The molecule has 2 aromatic rings. The number of hydroxylamine groups is 1. The summed E-state index contributed by atoms with van der Waals surface area (Å²) in [6.45, 7) is 7.15. The van der Waals surface area contributed by atoms with Gasteiger partial charge < -0.3 is 29.8 Å². The molecule has 13 nitrogen and oxygen atoms in total. The summed E-state index contributed by atoms with van der Waals surface area (Å²) in [7, 11) is 0. The normalized spacial score (nSPS) is 26.1. The van der Waals surface area contributed by atoms with Crippen LogP contribution >= 0.6 is 0 Å². The predicted octanol–water partition coefficient (Wildman–Crippen LogP) is 5.18. The third-order valence-electron chi connectivity index (χ3n) is 10.4. The largest absolute Gasteiger partial charge is 0.444 e. The Morgan fingerprint density at radius 3 is 2.45 bits per heavy atom. The molecule has 5 atom stereocenters. The summed E-state index contributed by atoms with van der Waals surface area (Å²) < 4.78 is 25.8. The van der Waals surface area contributed by atoms with Crippen LogP contribution in [0.15, 0.2) is 42.5 Å². The molecule has 5 amide bonds. The molecule has 6 rings (SSSR count). The molecular weight excluding hydrogens is 685 g/mol. The number of benzene rings is 2. The summed E-state index contributed by atoms with van der Waals surface area (Å²) in [6, 6.07) is 9.75. The molecular formula is C39H50FN5O8. The highest BCUT2D eigenvalue weighted by Gasteiger charge is 2.62. The van der Waals surface area contributed by atoms with E-state index in [1.54, 1.807) is 45.0 Å². The number of nitrogens with zero attached hydrogens (tertiary/aromatic N) is 2. The molecule has 14 heteroatoms. The highest BCUT2D eigenvalue weighted by atomic mass is 19.1. The molecule has 3 N–H and O–H groups in total. The summed E-state index contributed by atoms with van der Waals surface area (Å²) in [4.78, 5) is 77.1. The minimum absolute atomic E-state index is 0.0334. The van der Waals surface area contributed by atoms with Crippen LogP contribution in [-0.4, -0.2) is 75.6 Å². The van der Waals surface area contributed by atoms with Crippen LogP contribution in [0.3, 0.4) is 0 Å². The number of nitrogens with one attached hydrogen (secondary N) is 3. The van der Waals surface area contributed by atoms with E-state index < -0.39 is 65.1 Å². The molecule has 0 aromatic heterocycles. The first-order valence-electron chi connectivity index (χ1n) is 18.6. The number of carbonyl (C=O) groups excluding carboxylic acids is 5. The highest BCUT2D eigenvalue weighted by molar-refractivity contribution is 5.98. The molecule has 0 unspecified atom stereocenters. The highest BCUT2D eigenvalue weighted by Crippen LogP contribution is 2.47. The smallest absolute Gasteiger partial charge is 0.410 e. The van der Waals surface area contributed by atoms with Crippen LogP contribution in [0.25, 0.3) is 0 Å². The van der Waals surface area contributed by atoms with Gasteiger partial charge in [0.1, 0.15) is 35.1 Å². The Morgan fingerprint density at radius 1 is 0.981 bits per heavy atom. The number of alkyl carbamates (subject to hydrolysis) is 1. The second kappa shape index (κ2) is 15.6. The Hall–Kier alpha value is -4.88. The molecule has 4 aliphatic rings. The molecule has 1 aliphatic carbocycles. The number of hydrogen-bond donors (Lipinski definition) is 3. The average molecular weight is 736 g/mol. The minimum atomic E-state index is -1.26. The maximum Gasteiger partial charge on any atom is 0.410 e. The number of aryl methyl sites for hydroxylation is 1. The van der Waals surface area contributed by atoms with Gasteiger partial charge in [0.15, 0.2) is 5.75 Å². The van der Waals surface area contributed by atoms with Gasteiger partial charge in [0.05, 0.1) is 13.1 Å². The van der Waals surface area contributed by atoms with Gasteiger partial charge in [0.2, 0.25) is 11.8 Å². The molecule has 286 valence electrons. The number of carbonyl (C=O) groups is 5. The molecule has 0 bridgehead atoms. The first-order valence-corrected chi connectivity index (χ1v) is 18.6. The quantitative estimate of drug-likeness (QED) is 0.355. The van der Waals surface area contributed by atoms with E-state index in [0.29, 0.717) is 42.6 Å². The lowest BCUT2D eigenvalue weighted by atomic mass is 10.0. The third kappa shape index (κ3) is 9.02. The van der Waals surface area contributed by atoms with E-state index in [-0.39, 0.29) is 32.0 Å². The van der Waals surface area contributed by atoms with Gasteiger partial charge in [-0.2, -0.15) is 5.48 Å². The summed E-state index contributed by atoms with van der Waals surface area (Å²) >= 11 is 0. The first kappa shape index (κ1) is 37.9. The van der Waals surface area contributed by atoms with Crippen molar-refractivity contribution >= 4 is 29.9 Å². The number of amides is 5. The summed E-state index contributed by atoms with van der Waals surface area (Å²) in [6.07, 6.45) is 3.17. The van der Waals surface area contributed by atoms with Crippen molar-refractivity contribution in [1.29, 1.82) is 0 Å². The zero-order valence-corrected chi connectivity index (χ0v) is 30.9. The standard InChI is InChI=1S/C39H50FN5O8/c1-24-12-10-15-27(18-24)53-43-35(48)39-20-26(39)14-8-6-5-7-9-17-31(41-36(49)52-38(2,3)4)34(47)45-22-28(19-32(45)33(46)42-39)51-37(50)44-21-25-13-11-16-30(40)29(25)23-44/h10-13,15-16,18,26,28,31-32H,5-9,14,17,19-23H2,1-4H3,(H,41,49)(H,42,46)(H,43,48)/t26-,28-,31+,32+,39-/m1/s1. The lowest BCUT2D eigenvalue weighted by molar-refractivity contribution is -0.142. The maximum atomic E-state index is 14.4. The maximum absolute atomic E-state index is 14.4. The van der Waals surface area contributed by atoms with E-state index in [0.717, 1.165) is 31.2 Å². The summed E-state index contributed by atoms with van der Waals surface area (Å²) in [5.41, 5.74) is 2.52. The van der Waals surface area contributed by atoms with Crippen LogP contribution in [0.5, 0.6) is 5.75 Å². The number of fused-ring (bicyclic) bond motifs is 3. The van der Waals surface area contributed by atoms with Crippen LogP contribution in [0, 0.1) is 18.7 Å². The fraction of sp³-hybridized carbons (Fsp3) is 0.564. The van der Waals surface area contributed by atoms with Gasteiger partial charge in [-0.05, 0) is 82.2 Å². The average Bonchev–Trinajstić information content (AvgIpc) is 3.39. The van der Waals surface area contributed by atoms with E-state index in [1.807, 2.05) is 19.1 Å². The van der Waals surface area contributed by atoms with Crippen LogP contribution in [0.1, 0.15) is 95.2 Å². The molecule has 2 aromatic carbocycles. The van der Waals surface area contributed by atoms with Crippen LogP contribution in [0.2, 0.25) is 0 Å². The van der Waals surface area contributed by atoms with E-state index in [2.05, 4.69) is 16.1 Å². The molecule has 0 spiro atoms. The molecule has 1 saturated carbocycles. The Labute approximate surface area is 309 Å². The van der Waals surface area contributed by atoms with Gasteiger partial charge in [0, 0.05) is 18.5 Å². The van der Waals surface area contributed by atoms with E-state index >= 15 is 0 Å². The molecule has 2 saturated heterocycles. The number of halogens is 1. The zero-order valence-electron chi connectivity index (χ0n) is 30.9. The Morgan fingerprint density at radius 2 is 1.72 bits per heavy atom. The fourth-order valence-corrected chi connectivity index (χ4v) is 7.62. The lowest BCUT2D eigenvalue weighted by Crippen LogP contribution is -2.58. The van der Waals surface area contributed by atoms with Crippen molar-refractivity contribution in [3.63, 3.8) is 0 Å². The van der Waals surface area contributed by atoms with Gasteiger partial charge >= 0.3 is 12.2 Å². The van der Waals surface area contributed by atoms with Crippen molar-refractivity contribution in [2.75, 3.05) is 6.54 Å². The Balaban J connectivity index is 1.23. The minimum Gasteiger partial charge on any atom is -0.444 e. The van der Waals surface area contributed by atoms with Gasteiger partial charge in [-0.15, -0.1) is 0 Å². The van der Waals surface area contributed by atoms with Crippen molar-refractivity contribution in [1.82, 2.24) is 25.9 Å². The summed E-state index contributed by atoms with van der Waals surface area (Å²) in [5.74, 6) is -1.70. The van der Waals surface area contributed by atoms with Gasteiger partial charge in [-0.3, -0.25) is 19.3 Å². The molecule has 53 heavy (non-hydrogen) atoms. The predicted molar refractivity (Wildman–Crippen MR) is 190 cm³/mol. The second-order valence-corrected chi connectivity index (χ2v) is 15.7. The molecule has 3 heterocycles. The molecule has 3 fully saturated rings. The van der Waals surface area contributed by atoms with Crippen molar-refractivity contribution < 1.29 is 42.7 Å². The second-order valence-electron chi connectivity index (χ2n) is 15.7. The summed E-state index contributed by atoms with van der Waals surface area (Å²) in [5, 5.41) is 5.70. The van der Waals surface area contributed by atoms with Crippen molar-refractivity contribution in [2.24, 2.45) is 5.92 Å². The van der Waals surface area contributed by atoms with Crippen molar-refractivity contribution in [3.8, 4) is 5.75 Å². The van der Waals surface area contributed by atoms with E-state index in [4.69, 9.17) is 14.3 Å².